The highest BCUT2D eigenvalue weighted by Crippen LogP contribution is 2.32. The highest BCUT2D eigenvalue weighted by molar-refractivity contribution is 5.76. The van der Waals surface area contributed by atoms with Gasteiger partial charge in [-0.25, -0.2) is 0 Å². The average molecular weight is 270 g/mol. The molecule has 0 atom stereocenters. The second-order valence-corrected chi connectivity index (χ2v) is 5.90. The minimum Gasteiger partial charge on any atom is -0.466 e. The lowest BCUT2D eigenvalue weighted by molar-refractivity contribution is -0.155. The van der Waals surface area contributed by atoms with E-state index >= 15 is 0 Å². The molecule has 0 fully saturated rings. The van der Waals surface area contributed by atoms with Gasteiger partial charge >= 0.3 is 5.97 Å². The molecule has 0 heterocycles. The van der Waals surface area contributed by atoms with Crippen molar-refractivity contribution in [3.05, 3.63) is 0 Å². The Bertz CT molecular complexity index is 211. The van der Waals surface area contributed by atoms with Crippen LogP contribution in [0.15, 0.2) is 0 Å². The molecule has 0 saturated carbocycles. The summed E-state index contributed by atoms with van der Waals surface area (Å²) in [7, 11) is 0. The summed E-state index contributed by atoms with van der Waals surface area (Å²) in [4.78, 5) is 12.2. The zero-order valence-electron chi connectivity index (χ0n) is 13.6. The van der Waals surface area contributed by atoms with Gasteiger partial charge in [0.2, 0.25) is 0 Å². The van der Waals surface area contributed by atoms with E-state index in [9.17, 15) is 4.79 Å². The zero-order chi connectivity index (χ0) is 14.6. The lowest BCUT2D eigenvalue weighted by atomic mass is 9.79. The molecular weight excluding hydrogens is 236 g/mol. The first-order valence-corrected chi connectivity index (χ1v) is 8.28. The third kappa shape index (κ3) is 8.28. The van der Waals surface area contributed by atoms with Crippen LogP contribution in [-0.4, -0.2) is 12.6 Å². The van der Waals surface area contributed by atoms with Crippen molar-refractivity contribution < 1.29 is 9.53 Å². The molecule has 19 heavy (non-hydrogen) atoms. The van der Waals surface area contributed by atoms with Crippen LogP contribution in [0.2, 0.25) is 0 Å². The number of hydrogen-bond donors (Lipinski definition) is 0. The fourth-order valence-electron chi connectivity index (χ4n) is 2.52. The number of carbonyl (C=O) groups excluding carboxylic acids is 1. The third-order valence-electron chi connectivity index (χ3n) is 3.93. The Kier molecular flexibility index (Phi) is 11.0. The number of hydrogen-bond acceptors (Lipinski definition) is 2. The zero-order valence-corrected chi connectivity index (χ0v) is 13.6. The number of ether oxygens (including phenoxy) is 1. The van der Waals surface area contributed by atoms with Crippen molar-refractivity contribution in [2.24, 2.45) is 5.41 Å². The van der Waals surface area contributed by atoms with E-state index in [2.05, 4.69) is 20.8 Å². The van der Waals surface area contributed by atoms with Crippen LogP contribution >= 0.6 is 0 Å². The molecule has 0 aliphatic rings. The molecular formula is C17H34O2. The van der Waals surface area contributed by atoms with Crippen molar-refractivity contribution in [2.75, 3.05) is 6.61 Å². The van der Waals surface area contributed by atoms with Crippen LogP contribution in [0, 0.1) is 5.41 Å². The van der Waals surface area contributed by atoms with Gasteiger partial charge in [-0.2, -0.15) is 0 Å². The fraction of sp³-hybridized carbons (Fsp3) is 0.941. The molecule has 0 aromatic carbocycles. The predicted octanol–water partition coefficient (Wildman–Crippen LogP) is 5.50. The second-order valence-electron chi connectivity index (χ2n) is 5.90. The van der Waals surface area contributed by atoms with E-state index in [1.54, 1.807) is 0 Å². The molecule has 0 spiro atoms. The van der Waals surface area contributed by atoms with Crippen molar-refractivity contribution in [1.29, 1.82) is 0 Å². The van der Waals surface area contributed by atoms with Crippen molar-refractivity contribution in [1.82, 2.24) is 0 Å². The molecule has 0 rings (SSSR count). The SMILES string of the molecule is CCCCCCC(C)(CCCCCC)C(=O)OCC. The van der Waals surface area contributed by atoms with E-state index in [0.717, 1.165) is 25.7 Å². The number of unbranched alkanes of at least 4 members (excludes halogenated alkanes) is 6. The third-order valence-corrected chi connectivity index (χ3v) is 3.93. The van der Waals surface area contributed by atoms with Crippen LogP contribution in [0.1, 0.15) is 91.9 Å². The minimum atomic E-state index is -0.252. The van der Waals surface area contributed by atoms with Crippen molar-refractivity contribution in [3.63, 3.8) is 0 Å². The summed E-state index contributed by atoms with van der Waals surface area (Å²) in [6.45, 7) is 8.93. The number of rotatable bonds is 12. The first kappa shape index (κ1) is 18.5. The quantitative estimate of drug-likeness (QED) is 0.346. The van der Waals surface area contributed by atoms with Crippen LogP contribution in [0.25, 0.3) is 0 Å². The Morgan fingerprint density at radius 2 is 1.32 bits per heavy atom. The molecule has 2 heteroatoms. The van der Waals surface area contributed by atoms with E-state index < -0.39 is 0 Å². The molecule has 0 saturated heterocycles. The van der Waals surface area contributed by atoms with Crippen LogP contribution in [0.3, 0.4) is 0 Å². The minimum absolute atomic E-state index is 0.0167. The molecule has 0 aliphatic carbocycles. The maximum Gasteiger partial charge on any atom is 0.311 e. The fourth-order valence-corrected chi connectivity index (χ4v) is 2.52. The Balaban J connectivity index is 4.23. The first-order valence-electron chi connectivity index (χ1n) is 8.28. The van der Waals surface area contributed by atoms with Gasteiger partial charge in [-0.05, 0) is 26.7 Å². The van der Waals surface area contributed by atoms with Gasteiger partial charge < -0.3 is 4.74 Å². The van der Waals surface area contributed by atoms with Gasteiger partial charge in [-0.3, -0.25) is 4.79 Å². The van der Waals surface area contributed by atoms with Crippen LogP contribution in [0.5, 0.6) is 0 Å². The summed E-state index contributed by atoms with van der Waals surface area (Å²) in [5.74, 6) is 0.0167. The number of esters is 1. The van der Waals surface area contributed by atoms with Crippen molar-refractivity contribution >= 4 is 5.97 Å². The average Bonchev–Trinajstić information content (AvgIpc) is 2.40. The normalized spacial score (nSPS) is 11.6. The molecule has 114 valence electrons. The summed E-state index contributed by atoms with van der Waals surface area (Å²) in [5.41, 5.74) is -0.252. The van der Waals surface area contributed by atoms with E-state index in [-0.39, 0.29) is 11.4 Å². The lowest BCUT2D eigenvalue weighted by Gasteiger charge is -2.27. The Labute approximate surface area is 120 Å². The molecule has 0 aromatic rings. The van der Waals surface area contributed by atoms with E-state index in [1.165, 1.54) is 38.5 Å². The first-order chi connectivity index (χ1) is 9.10. The van der Waals surface area contributed by atoms with E-state index in [1.807, 2.05) is 6.92 Å². The predicted molar refractivity (Wildman–Crippen MR) is 82.3 cm³/mol. The van der Waals surface area contributed by atoms with Crippen molar-refractivity contribution in [3.8, 4) is 0 Å². The summed E-state index contributed by atoms with van der Waals surface area (Å²) in [6.07, 6.45) is 11.8. The monoisotopic (exact) mass is 270 g/mol. The van der Waals surface area contributed by atoms with Gasteiger partial charge in [-0.1, -0.05) is 65.2 Å². The molecule has 0 bridgehead atoms. The summed E-state index contributed by atoms with van der Waals surface area (Å²) < 4.78 is 5.28. The van der Waals surface area contributed by atoms with Crippen molar-refractivity contribution in [2.45, 2.75) is 91.9 Å². The Morgan fingerprint density at radius 3 is 1.68 bits per heavy atom. The molecule has 0 aliphatic heterocycles. The van der Waals surface area contributed by atoms with E-state index in [0.29, 0.717) is 6.61 Å². The van der Waals surface area contributed by atoms with Crippen LogP contribution in [-0.2, 0) is 9.53 Å². The molecule has 0 unspecified atom stereocenters. The van der Waals surface area contributed by atoms with Gasteiger partial charge in [0.25, 0.3) is 0 Å². The summed E-state index contributed by atoms with van der Waals surface area (Å²) in [5, 5.41) is 0. The number of carbonyl (C=O) groups is 1. The molecule has 0 N–H and O–H groups in total. The smallest absolute Gasteiger partial charge is 0.311 e. The maximum atomic E-state index is 12.2. The highest BCUT2D eigenvalue weighted by atomic mass is 16.5. The summed E-state index contributed by atoms with van der Waals surface area (Å²) in [6, 6.07) is 0. The summed E-state index contributed by atoms with van der Waals surface area (Å²) >= 11 is 0. The van der Waals surface area contributed by atoms with Gasteiger partial charge in [0, 0.05) is 0 Å². The van der Waals surface area contributed by atoms with Gasteiger partial charge in [0.1, 0.15) is 0 Å². The lowest BCUT2D eigenvalue weighted by Crippen LogP contribution is -2.30. The van der Waals surface area contributed by atoms with Gasteiger partial charge in [0.15, 0.2) is 0 Å². The topological polar surface area (TPSA) is 26.3 Å². The largest absolute Gasteiger partial charge is 0.466 e. The Hall–Kier alpha value is -0.530. The highest BCUT2D eigenvalue weighted by Gasteiger charge is 2.33. The molecule has 0 aromatic heterocycles. The standard InChI is InChI=1S/C17H34O2/c1-5-8-10-12-14-17(4,16(18)19-7-3)15-13-11-9-6-2/h5-15H2,1-4H3. The Morgan fingerprint density at radius 1 is 0.842 bits per heavy atom. The van der Waals surface area contributed by atoms with E-state index in [4.69, 9.17) is 4.74 Å². The van der Waals surface area contributed by atoms with Gasteiger partial charge in [-0.15, -0.1) is 0 Å². The maximum absolute atomic E-state index is 12.2. The molecule has 0 amide bonds. The van der Waals surface area contributed by atoms with Crippen LogP contribution in [0.4, 0.5) is 0 Å². The van der Waals surface area contributed by atoms with Crippen LogP contribution < -0.4 is 0 Å². The second kappa shape index (κ2) is 11.3. The molecule has 2 nitrogen and oxygen atoms in total. The molecule has 0 radical (unpaired) electrons. The van der Waals surface area contributed by atoms with Gasteiger partial charge in [0.05, 0.1) is 12.0 Å².